The minimum Gasteiger partial charge on any atom is -0.496 e. The number of Topliss-reactive ketones (excluding diaryl/α,β-unsaturated/α-hetero) is 1. The Hall–Kier alpha value is -3.20. The van der Waals surface area contributed by atoms with Crippen molar-refractivity contribution in [2.75, 3.05) is 12.4 Å². The molecule has 0 saturated carbocycles. The van der Waals surface area contributed by atoms with Gasteiger partial charge in [-0.25, -0.2) is 4.98 Å². The third kappa shape index (κ3) is 3.71. The minimum absolute atomic E-state index is 0.246. The molecule has 23 heavy (non-hydrogen) atoms. The molecule has 0 aliphatic rings. The summed E-state index contributed by atoms with van der Waals surface area (Å²) in [7, 11) is 1.49. The lowest BCUT2D eigenvalue weighted by Gasteiger charge is -2.11. The fourth-order valence-corrected chi connectivity index (χ4v) is 2.01. The number of methoxy groups -OCH3 is 1. The van der Waals surface area contributed by atoms with Crippen molar-refractivity contribution >= 4 is 17.5 Å². The van der Waals surface area contributed by atoms with Crippen LogP contribution < -0.4 is 10.1 Å². The molecule has 2 aromatic rings. The number of aromatic nitrogens is 1. The Morgan fingerprint density at radius 1 is 1.30 bits per heavy atom. The first-order valence-electron chi connectivity index (χ1n) is 6.87. The van der Waals surface area contributed by atoms with E-state index in [1.807, 2.05) is 6.92 Å². The summed E-state index contributed by atoms with van der Waals surface area (Å²) in [6.07, 6.45) is 1.50. The number of amides is 1. The number of nitrogens with one attached hydrogen (secondary N) is 1. The minimum atomic E-state index is -1.45. The van der Waals surface area contributed by atoms with Crippen LogP contribution in [-0.2, 0) is 4.79 Å². The van der Waals surface area contributed by atoms with E-state index in [2.05, 4.69) is 10.3 Å². The average molecular weight is 309 g/mol. The number of nitrogens with zero attached hydrogens (tertiary/aromatic N) is 2. The topological polar surface area (TPSA) is 92.1 Å². The Kier molecular flexibility index (Phi) is 5.05. The molecule has 0 aliphatic carbocycles. The standard InChI is InChI=1S/C17H15N3O3/c1-11-6-7-12(9-14(11)23-2)16(21)13(10-18)17(22)20-15-5-3-4-8-19-15/h3-9,13H,1-2H3,(H,19,20,22)/t13-/m1/s1. The highest BCUT2D eigenvalue weighted by Crippen LogP contribution is 2.21. The number of ether oxygens (including phenoxy) is 1. The Labute approximate surface area is 133 Å². The fraction of sp³-hybridized carbons (Fsp3) is 0.176. The first-order valence-corrected chi connectivity index (χ1v) is 6.87. The fourth-order valence-electron chi connectivity index (χ4n) is 2.01. The van der Waals surface area contributed by atoms with Crippen molar-refractivity contribution in [1.82, 2.24) is 4.98 Å². The van der Waals surface area contributed by atoms with E-state index in [-0.39, 0.29) is 11.4 Å². The summed E-state index contributed by atoms with van der Waals surface area (Å²) >= 11 is 0. The lowest BCUT2D eigenvalue weighted by atomic mass is 9.97. The number of aryl methyl sites for hydroxylation is 1. The number of ketones is 1. The Bertz CT molecular complexity index is 766. The molecule has 1 atom stereocenters. The SMILES string of the molecule is COc1cc(C(=O)[C@@H](C#N)C(=O)Nc2ccccn2)ccc1C. The molecule has 116 valence electrons. The quantitative estimate of drug-likeness (QED) is 0.676. The highest BCUT2D eigenvalue weighted by Gasteiger charge is 2.28. The molecule has 6 heteroatoms. The molecular weight excluding hydrogens is 294 g/mol. The van der Waals surface area contributed by atoms with Crippen LogP contribution in [0.4, 0.5) is 5.82 Å². The lowest BCUT2D eigenvalue weighted by molar-refractivity contribution is -0.117. The molecule has 0 aliphatic heterocycles. The second-order valence-corrected chi connectivity index (χ2v) is 4.81. The van der Waals surface area contributed by atoms with E-state index in [0.29, 0.717) is 5.75 Å². The number of hydrogen-bond donors (Lipinski definition) is 1. The van der Waals surface area contributed by atoms with Crippen LogP contribution in [0.15, 0.2) is 42.6 Å². The molecule has 1 N–H and O–H groups in total. The molecular formula is C17H15N3O3. The lowest BCUT2D eigenvalue weighted by Crippen LogP contribution is -2.29. The van der Waals surface area contributed by atoms with E-state index in [9.17, 15) is 14.9 Å². The third-order valence-corrected chi connectivity index (χ3v) is 3.26. The molecule has 1 heterocycles. The Balaban J connectivity index is 2.22. The average Bonchev–Trinajstić information content (AvgIpc) is 2.56. The predicted molar refractivity (Wildman–Crippen MR) is 84.0 cm³/mol. The Morgan fingerprint density at radius 2 is 2.09 bits per heavy atom. The summed E-state index contributed by atoms with van der Waals surface area (Å²) < 4.78 is 5.16. The second-order valence-electron chi connectivity index (χ2n) is 4.81. The number of pyridine rings is 1. The summed E-state index contributed by atoms with van der Waals surface area (Å²) in [6, 6.07) is 11.5. The van der Waals surface area contributed by atoms with Gasteiger partial charge in [0.05, 0.1) is 13.2 Å². The van der Waals surface area contributed by atoms with Crippen LogP contribution in [0.1, 0.15) is 15.9 Å². The van der Waals surface area contributed by atoms with Crippen LogP contribution in [0, 0.1) is 24.2 Å². The van der Waals surface area contributed by atoms with Gasteiger partial charge < -0.3 is 10.1 Å². The summed E-state index contributed by atoms with van der Waals surface area (Å²) in [4.78, 5) is 28.5. The van der Waals surface area contributed by atoms with Crippen molar-refractivity contribution in [3.8, 4) is 11.8 Å². The third-order valence-electron chi connectivity index (χ3n) is 3.26. The van der Waals surface area contributed by atoms with Gasteiger partial charge in [0, 0.05) is 11.8 Å². The molecule has 0 bridgehead atoms. The Morgan fingerprint density at radius 3 is 2.70 bits per heavy atom. The number of anilines is 1. The smallest absolute Gasteiger partial charge is 0.250 e. The number of carbonyl (C=O) groups is 2. The van der Waals surface area contributed by atoms with Crippen LogP contribution in [0.25, 0.3) is 0 Å². The second kappa shape index (κ2) is 7.18. The van der Waals surface area contributed by atoms with Gasteiger partial charge in [0.15, 0.2) is 11.7 Å². The first kappa shape index (κ1) is 16.2. The zero-order chi connectivity index (χ0) is 16.8. The van der Waals surface area contributed by atoms with E-state index < -0.39 is 17.6 Å². The van der Waals surface area contributed by atoms with E-state index in [1.54, 1.807) is 36.4 Å². The largest absolute Gasteiger partial charge is 0.496 e. The molecule has 0 fully saturated rings. The zero-order valence-electron chi connectivity index (χ0n) is 12.7. The van der Waals surface area contributed by atoms with Gasteiger partial charge in [-0.1, -0.05) is 18.2 Å². The molecule has 0 unspecified atom stereocenters. The molecule has 1 aromatic heterocycles. The molecule has 2 rings (SSSR count). The zero-order valence-corrected chi connectivity index (χ0v) is 12.7. The van der Waals surface area contributed by atoms with Gasteiger partial charge >= 0.3 is 0 Å². The molecule has 6 nitrogen and oxygen atoms in total. The van der Waals surface area contributed by atoms with E-state index in [4.69, 9.17) is 4.74 Å². The molecule has 0 saturated heterocycles. The van der Waals surface area contributed by atoms with E-state index in [0.717, 1.165) is 5.56 Å². The van der Waals surface area contributed by atoms with Crippen molar-refractivity contribution in [2.45, 2.75) is 6.92 Å². The summed E-state index contributed by atoms with van der Waals surface area (Å²) in [5, 5.41) is 11.7. The molecule has 0 radical (unpaired) electrons. The van der Waals surface area contributed by atoms with E-state index >= 15 is 0 Å². The van der Waals surface area contributed by atoms with Gasteiger partial charge in [-0.15, -0.1) is 0 Å². The highest BCUT2D eigenvalue weighted by molar-refractivity contribution is 6.15. The highest BCUT2D eigenvalue weighted by atomic mass is 16.5. The predicted octanol–water partition coefficient (Wildman–Crippen LogP) is 2.36. The van der Waals surface area contributed by atoms with Crippen LogP contribution in [-0.4, -0.2) is 23.8 Å². The number of hydrogen-bond acceptors (Lipinski definition) is 5. The maximum atomic E-state index is 12.4. The number of nitriles is 1. The van der Waals surface area contributed by atoms with Crippen molar-refractivity contribution in [3.63, 3.8) is 0 Å². The van der Waals surface area contributed by atoms with Crippen molar-refractivity contribution in [2.24, 2.45) is 5.92 Å². The van der Waals surface area contributed by atoms with Gasteiger partial charge in [-0.2, -0.15) is 5.26 Å². The van der Waals surface area contributed by atoms with Gasteiger partial charge in [0.1, 0.15) is 11.6 Å². The summed E-state index contributed by atoms with van der Waals surface area (Å²) in [6.45, 7) is 1.84. The van der Waals surface area contributed by atoms with Crippen LogP contribution >= 0.6 is 0 Å². The molecule has 0 spiro atoms. The van der Waals surface area contributed by atoms with E-state index in [1.165, 1.54) is 19.4 Å². The van der Waals surface area contributed by atoms with Gasteiger partial charge in [0.25, 0.3) is 5.91 Å². The number of carbonyl (C=O) groups excluding carboxylic acids is 2. The maximum Gasteiger partial charge on any atom is 0.250 e. The van der Waals surface area contributed by atoms with Gasteiger partial charge in [-0.05, 0) is 30.7 Å². The van der Waals surface area contributed by atoms with Crippen LogP contribution in [0.2, 0.25) is 0 Å². The van der Waals surface area contributed by atoms with Crippen LogP contribution in [0.3, 0.4) is 0 Å². The van der Waals surface area contributed by atoms with Gasteiger partial charge in [-0.3, -0.25) is 9.59 Å². The summed E-state index contributed by atoms with van der Waals surface area (Å²) in [5.41, 5.74) is 1.10. The maximum absolute atomic E-state index is 12.4. The summed E-state index contributed by atoms with van der Waals surface area (Å²) in [5.74, 6) is -1.94. The monoisotopic (exact) mass is 309 g/mol. The van der Waals surface area contributed by atoms with Crippen LogP contribution in [0.5, 0.6) is 5.75 Å². The number of rotatable bonds is 5. The molecule has 1 amide bonds. The van der Waals surface area contributed by atoms with Crippen molar-refractivity contribution < 1.29 is 14.3 Å². The van der Waals surface area contributed by atoms with Crippen molar-refractivity contribution in [1.29, 1.82) is 5.26 Å². The van der Waals surface area contributed by atoms with Crippen molar-refractivity contribution in [3.05, 3.63) is 53.7 Å². The normalized spacial score (nSPS) is 11.2. The molecule has 1 aromatic carbocycles. The number of benzene rings is 1. The first-order chi connectivity index (χ1) is 11.1. The van der Waals surface area contributed by atoms with Gasteiger partial charge in [0.2, 0.25) is 0 Å².